The fourth-order valence-electron chi connectivity index (χ4n) is 4.22. The maximum absolute atomic E-state index is 11.2. The first kappa shape index (κ1) is 18.1. The fourth-order valence-corrected chi connectivity index (χ4v) is 4.22. The van der Waals surface area contributed by atoms with Gasteiger partial charge in [0, 0.05) is 38.3 Å². The second-order valence-electron chi connectivity index (χ2n) is 7.41. The van der Waals surface area contributed by atoms with Crippen molar-refractivity contribution < 1.29 is 9.66 Å². The molecule has 1 heterocycles. The van der Waals surface area contributed by atoms with Crippen LogP contribution in [-0.4, -0.2) is 48.2 Å². The monoisotopic (exact) mass is 347 g/mol. The van der Waals surface area contributed by atoms with Gasteiger partial charge in [-0.1, -0.05) is 6.07 Å². The van der Waals surface area contributed by atoms with Gasteiger partial charge in [0.25, 0.3) is 5.69 Å². The van der Waals surface area contributed by atoms with Crippen LogP contribution in [0.15, 0.2) is 18.2 Å². The molecular weight excluding hydrogens is 318 g/mol. The molecule has 1 aliphatic heterocycles. The molecule has 1 saturated carbocycles. The Morgan fingerprint density at radius 1 is 1.24 bits per heavy atom. The molecule has 0 spiro atoms. The van der Waals surface area contributed by atoms with E-state index in [2.05, 4.69) is 10.2 Å². The standard InChI is InChI=1S/C19H29N3O3/c1-14-6-7-19(22(23)24)18(12-14)20-15-8-10-21(11-9-15)16-4-3-5-17(13-16)25-2/h6-7,12,15-17,20H,3-5,8-11,13H2,1-2H3. The van der Waals surface area contributed by atoms with E-state index in [1.54, 1.807) is 12.1 Å². The molecule has 6 heteroatoms. The molecule has 1 aliphatic carbocycles. The summed E-state index contributed by atoms with van der Waals surface area (Å²) in [6, 6.07) is 6.21. The number of hydrogen-bond acceptors (Lipinski definition) is 5. The smallest absolute Gasteiger partial charge is 0.292 e. The van der Waals surface area contributed by atoms with Gasteiger partial charge in [-0.2, -0.15) is 0 Å². The molecule has 1 aromatic carbocycles. The summed E-state index contributed by atoms with van der Waals surface area (Å²) in [7, 11) is 1.82. The Labute approximate surface area is 149 Å². The van der Waals surface area contributed by atoms with Gasteiger partial charge >= 0.3 is 0 Å². The Balaban J connectivity index is 1.56. The van der Waals surface area contributed by atoms with Crippen LogP contribution in [0.4, 0.5) is 11.4 Å². The van der Waals surface area contributed by atoms with Crippen LogP contribution in [0.3, 0.4) is 0 Å². The van der Waals surface area contributed by atoms with E-state index in [1.807, 2.05) is 20.1 Å². The number of nitrogens with one attached hydrogen (secondary N) is 1. The SMILES string of the molecule is COC1CCCC(N2CCC(Nc3cc(C)ccc3[N+](=O)[O-])CC2)C1. The van der Waals surface area contributed by atoms with Crippen LogP contribution in [0.5, 0.6) is 0 Å². The second-order valence-corrected chi connectivity index (χ2v) is 7.41. The zero-order valence-corrected chi connectivity index (χ0v) is 15.2. The van der Waals surface area contributed by atoms with E-state index < -0.39 is 0 Å². The van der Waals surface area contributed by atoms with E-state index in [1.165, 1.54) is 19.3 Å². The number of anilines is 1. The van der Waals surface area contributed by atoms with E-state index >= 15 is 0 Å². The zero-order valence-electron chi connectivity index (χ0n) is 15.2. The van der Waals surface area contributed by atoms with E-state index in [0.29, 0.717) is 23.9 Å². The summed E-state index contributed by atoms with van der Waals surface area (Å²) in [6.45, 7) is 4.07. The van der Waals surface area contributed by atoms with Crippen molar-refractivity contribution in [2.75, 3.05) is 25.5 Å². The average molecular weight is 347 g/mol. The van der Waals surface area contributed by atoms with Crippen LogP contribution in [0, 0.1) is 17.0 Å². The average Bonchev–Trinajstić information content (AvgIpc) is 2.62. The number of hydrogen-bond donors (Lipinski definition) is 1. The van der Waals surface area contributed by atoms with Crippen LogP contribution in [0.25, 0.3) is 0 Å². The minimum absolute atomic E-state index is 0.170. The highest BCUT2D eigenvalue weighted by Crippen LogP contribution is 2.30. The predicted molar refractivity (Wildman–Crippen MR) is 99.1 cm³/mol. The summed E-state index contributed by atoms with van der Waals surface area (Å²) in [6.07, 6.45) is 7.29. The maximum Gasteiger partial charge on any atom is 0.292 e. The molecule has 0 bridgehead atoms. The Morgan fingerprint density at radius 2 is 2.00 bits per heavy atom. The number of nitro groups is 1. The van der Waals surface area contributed by atoms with Crippen molar-refractivity contribution in [2.45, 2.75) is 63.6 Å². The van der Waals surface area contributed by atoms with Gasteiger partial charge < -0.3 is 15.0 Å². The van der Waals surface area contributed by atoms with E-state index in [4.69, 9.17) is 4.74 Å². The molecule has 6 nitrogen and oxygen atoms in total. The van der Waals surface area contributed by atoms with Gasteiger partial charge in [-0.25, -0.2) is 0 Å². The van der Waals surface area contributed by atoms with Crippen molar-refractivity contribution in [3.63, 3.8) is 0 Å². The van der Waals surface area contributed by atoms with Gasteiger partial charge in [0.15, 0.2) is 0 Å². The number of nitro benzene ring substituents is 1. The van der Waals surface area contributed by atoms with Crippen LogP contribution >= 0.6 is 0 Å². The number of ether oxygens (including phenoxy) is 1. The Hall–Kier alpha value is -1.66. The summed E-state index contributed by atoms with van der Waals surface area (Å²) in [5, 5.41) is 14.7. The summed E-state index contributed by atoms with van der Waals surface area (Å²) in [5.74, 6) is 0. The third-order valence-electron chi connectivity index (χ3n) is 5.69. The molecule has 1 saturated heterocycles. The number of nitrogens with zero attached hydrogens (tertiary/aromatic N) is 2. The topological polar surface area (TPSA) is 67.6 Å². The second kappa shape index (κ2) is 8.15. The molecule has 2 unspecified atom stereocenters. The summed E-state index contributed by atoms with van der Waals surface area (Å²) in [5.41, 5.74) is 1.86. The third kappa shape index (κ3) is 4.50. The maximum atomic E-state index is 11.2. The highest BCUT2D eigenvalue weighted by Gasteiger charge is 2.30. The minimum Gasteiger partial charge on any atom is -0.381 e. The van der Waals surface area contributed by atoms with Crippen molar-refractivity contribution in [2.24, 2.45) is 0 Å². The molecule has 25 heavy (non-hydrogen) atoms. The van der Waals surface area contributed by atoms with E-state index in [-0.39, 0.29) is 10.6 Å². The number of benzene rings is 1. The number of piperidine rings is 1. The van der Waals surface area contributed by atoms with E-state index in [9.17, 15) is 10.1 Å². The van der Waals surface area contributed by atoms with Crippen LogP contribution in [0.2, 0.25) is 0 Å². The lowest BCUT2D eigenvalue weighted by Crippen LogP contribution is -2.47. The number of likely N-dealkylation sites (tertiary alicyclic amines) is 1. The van der Waals surface area contributed by atoms with Crippen molar-refractivity contribution >= 4 is 11.4 Å². The van der Waals surface area contributed by atoms with Crippen LogP contribution < -0.4 is 5.32 Å². The first-order valence-electron chi connectivity index (χ1n) is 9.35. The Bertz CT molecular complexity index is 600. The van der Waals surface area contributed by atoms with Gasteiger partial charge in [-0.15, -0.1) is 0 Å². The van der Waals surface area contributed by atoms with Crippen LogP contribution in [-0.2, 0) is 4.74 Å². The normalized spacial score (nSPS) is 25.7. The first-order valence-corrected chi connectivity index (χ1v) is 9.35. The molecule has 2 aliphatic rings. The minimum atomic E-state index is -0.302. The molecule has 0 amide bonds. The van der Waals surface area contributed by atoms with Gasteiger partial charge in [0.05, 0.1) is 11.0 Å². The highest BCUT2D eigenvalue weighted by atomic mass is 16.6. The molecule has 138 valence electrons. The van der Waals surface area contributed by atoms with Gasteiger partial charge in [0.1, 0.15) is 5.69 Å². The largest absolute Gasteiger partial charge is 0.381 e. The predicted octanol–water partition coefficient (Wildman–Crippen LogP) is 3.74. The summed E-state index contributed by atoms with van der Waals surface area (Å²) >= 11 is 0. The molecule has 2 fully saturated rings. The van der Waals surface area contributed by atoms with Crippen molar-refractivity contribution in [1.29, 1.82) is 0 Å². The molecule has 1 aromatic rings. The molecule has 0 radical (unpaired) electrons. The first-order chi connectivity index (χ1) is 12.1. The fraction of sp³-hybridized carbons (Fsp3) is 0.684. The van der Waals surface area contributed by atoms with Gasteiger partial charge in [-0.05, 0) is 57.1 Å². The lowest BCUT2D eigenvalue weighted by molar-refractivity contribution is -0.384. The third-order valence-corrected chi connectivity index (χ3v) is 5.69. The number of aryl methyl sites for hydroxylation is 1. The quantitative estimate of drug-likeness (QED) is 0.649. The number of rotatable bonds is 5. The lowest BCUT2D eigenvalue weighted by Gasteiger charge is -2.41. The molecule has 2 atom stereocenters. The molecular formula is C19H29N3O3. The highest BCUT2D eigenvalue weighted by molar-refractivity contribution is 5.63. The van der Waals surface area contributed by atoms with Gasteiger partial charge in [0.2, 0.25) is 0 Å². The summed E-state index contributed by atoms with van der Waals surface area (Å²) < 4.78 is 5.56. The van der Waals surface area contributed by atoms with Gasteiger partial charge in [-0.3, -0.25) is 10.1 Å². The van der Waals surface area contributed by atoms with Crippen molar-refractivity contribution in [3.05, 3.63) is 33.9 Å². The molecule has 1 N–H and O–H groups in total. The lowest BCUT2D eigenvalue weighted by atomic mass is 9.90. The zero-order chi connectivity index (χ0) is 17.8. The number of methoxy groups -OCH3 is 1. The Morgan fingerprint density at radius 3 is 2.68 bits per heavy atom. The van der Waals surface area contributed by atoms with Crippen molar-refractivity contribution in [3.8, 4) is 0 Å². The molecule has 0 aromatic heterocycles. The summed E-state index contributed by atoms with van der Waals surface area (Å²) in [4.78, 5) is 13.5. The molecule has 3 rings (SSSR count). The van der Waals surface area contributed by atoms with Crippen LogP contribution in [0.1, 0.15) is 44.1 Å². The van der Waals surface area contributed by atoms with E-state index in [0.717, 1.165) is 37.9 Å². The van der Waals surface area contributed by atoms with Crippen molar-refractivity contribution in [1.82, 2.24) is 4.90 Å². The Kier molecular flexibility index (Phi) is 5.91.